The first-order chi connectivity index (χ1) is 13.4. The van der Waals surface area contributed by atoms with Gasteiger partial charge < -0.3 is 9.47 Å². The van der Waals surface area contributed by atoms with Crippen LogP contribution in [-0.4, -0.2) is 69.8 Å². The summed E-state index contributed by atoms with van der Waals surface area (Å²) in [4.78, 5) is 3.99. The number of aromatic nitrogens is 1. The molecule has 11 heteroatoms. The Morgan fingerprint density at radius 1 is 0.786 bits per heavy atom. The van der Waals surface area contributed by atoms with Crippen molar-refractivity contribution in [1.82, 2.24) is 13.6 Å². The van der Waals surface area contributed by atoms with E-state index in [-0.39, 0.29) is 36.1 Å². The lowest BCUT2D eigenvalue weighted by Gasteiger charge is -2.33. The molecule has 0 radical (unpaired) electrons. The molecule has 0 atom stereocenters. The molecule has 2 aliphatic heterocycles. The minimum absolute atomic E-state index is 0.0434. The van der Waals surface area contributed by atoms with Gasteiger partial charge in [0, 0.05) is 38.4 Å². The average Bonchev–Trinajstić information content (AvgIpc) is 2.74. The molecular weight excluding hydrogens is 406 g/mol. The molecule has 1 aromatic heterocycles. The van der Waals surface area contributed by atoms with E-state index in [2.05, 4.69) is 4.98 Å². The molecule has 1 aromatic carbocycles. The van der Waals surface area contributed by atoms with Crippen molar-refractivity contribution in [3.05, 3.63) is 42.6 Å². The fourth-order valence-electron chi connectivity index (χ4n) is 3.12. The van der Waals surface area contributed by atoms with Gasteiger partial charge in [-0.05, 0) is 24.3 Å². The summed E-state index contributed by atoms with van der Waals surface area (Å²) in [6.45, 7) is 1.02. The van der Waals surface area contributed by atoms with Gasteiger partial charge in [0.05, 0.1) is 4.90 Å². The first kappa shape index (κ1) is 19.1. The molecule has 28 heavy (non-hydrogen) atoms. The van der Waals surface area contributed by atoms with Crippen LogP contribution in [0.3, 0.4) is 0 Å². The fraction of sp³-hybridized carbons (Fsp3) is 0.353. The molecule has 0 aliphatic carbocycles. The highest BCUT2D eigenvalue weighted by Crippen LogP contribution is 2.33. The van der Waals surface area contributed by atoms with Gasteiger partial charge in [0.15, 0.2) is 16.5 Å². The molecule has 4 rings (SSSR count). The Morgan fingerprint density at radius 3 is 2.07 bits per heavy atom. The van der Waals surface area contributed by atoms with Gasteiger partial charge in [-0.3, -0.25) is 0 Å². The second-order valence-electron chi connectivity index (χ2n) is 6.28. The van der Waals surface area contributed by atoms with Crippen LogP contribution in [0.1, 0.15) is 0 Å². The highest BCUT2D eigenvalue weighted by atomic mass is 32.2. The van der Waals surface area contributed by atoms with Crippen molar-refractivity contribution in [3.63, 3.8) is 0 Å². The molecule has 9 nitrogen and oxygen atoms in total. The fourth-order valence-corrected chi connectivity index (χ4v) is 5.91. The molecule has 0 N–H and O–H groups in total. The molecule has 0 bridgehead atoms. The zero-order chi connectivity index (χ0) is 19.8. The van der Waals surface area contributed by atoms with Crippen LogP contribution >= 0.6 is 0 Å². The summed E-state index contributed by atoms with van der Waals surface area (Å²) in [6.07, 6.45) is 1.41. The molecule has 2 aliphatic rings. The highest BCUT2D eigenvalue weighted by molar-refractivity contribution is 7.89. The second kappa shape index (κ2) is 7.32. The van der Waals surface area contributed by atoms with Gasteiger partial charge in [-0.1, -0.05) is 6.07 Å². The Bertz CT molecular complexity index is 1070. The summed E-state index contributed by atoms with van der Waals surface area (Å²) in [5.74, 6) is 0.903. The molecule has 3 heterocycles. The number of ether oxygens (including phenoxy) is 2. The van der Waals surface area contributed by atoms with E-state index in [1.165, 1.54) is 33.0 Å². The van der Waals surface area contributed by atoms with E-state index in [0.29, 0.717) is 24.7 Å². The van der Waals surface area contributed by atoms with E-state index in [1.807, 2.05) is 0 Å². The number of hydrogen-bond acceptors (Lipinski definition) is 7. The number of piperazine rings is 1. The monoisotopic (exact) mass is 425 g/mol. The van der Waals surface area contributed by atoms with Crippen LogP contribution in [0.15, 0.2) is 52.5 Å². The summed E-state index contributed by atoms with van der Waals surface area (Å²) in [5, 5.41) is -0.0434. The molecule has 0 saturated carbocycles. The first-order valence-corrected chi connectivity index (χ1v) is 11.6. The van der Waals surface area contributed by atoms with Gasteiger partial charge in [-0.2, -0.15) is 8.61 Å². The van der Waals surface area contributed by atoms with E-state index < -0.39 is 20.0 Å². The van der Waals surface area contributed by atoms with Crippen molar-refractivity contribution in [2.45, 2.75) is 9.92 Å². The highest BCUT2D eigenvalue weighted by Gasteiger charge is 2.34. The van der Waals surface area contributed by atoms with Gasteiger partial charge in [0.25, 0.3) is 10.0 Å². The predicted octanol–water partition coefficient (Wildman–Crippen LogP) is 0.548. The summed E-state index contributed by atoms with van der Waals surface area (Å²) in [5.41, 5.74) is 0. The Morgan fingerprint density at radius 2 is 1.43 bits per heavy atom. The minimum Gasteiger partial charge on any atom is -0.486 e. The zero-order valence-corrected chi connectivity index (χ0v) is 16.5. The standard InChI is InChI=1S/C17H19N3O6S2/c21-27(22,14-4-5-15-16(13-14)26-12-11-25-15)19-7-9-20(10-8-19)28(23,24)17-3-1-2-6-18-17/h1-6,13H,7-12H2. The third-order valence-electron chi connectivity index (χ3n) is 4.59. The molecule has 0 spiro atoms. The number of pyridine rings is 1. The lowest BCUT2D eigenvalue weighted by molar-refractivity contribution is 0.171. The smallest absolute Gasteiger partial charge is 0.260 e. The molecule has 1 fully saturated rings. The van der Waals surface area contributed by atoms with Crippen LogP contribution < -0.4 is 9.47 Å². The Balaban J connectivity index is 1.50. The van der Waals surface area contributed by atoms with Gasteiger partial charge in [-0.25, -0.2) is 21.8 Å². The number of nitrogens with zero attached hydrogens (tertiary/aromatic N) is 3. The average molecular weight is 425 g/mol. The van der Waals surface area contributed by atoms with E-state index >= 15 is 0 Å². The van der Waals surface area contributed by atoms with E-state index in [4.69, 9.17) is 9.47 Å². The van der Waals surface area contributed by atoms with E-state index in [0.717, 1.165) is 0 Å². The van der Waals surface area contributed by atoms with Crippen LogP contribution in [-0.2, 0) is 20.0 Å². The zero-order valence-electron chi connectivity index (χ0n) is 14.9. The van der Waals surface area contributed by atoms with Gasteiger partial charge in [0.2, 0.25) is 10.0 Å². The first-order valence-electron chi connectivity index (χ1n) is 8.70. The molecule has 1 saturated heterocycles. The quantitative estimate of drug-likeness (QED) is 0.704. The van der Waals surface area contributed by atoms with Crippen LogP contribution in [0.2, 0.25) is 0 Å². The topological polar surface area (TPSA) is 106 Å². The van der Waals surface area contributed by atoms with E-state index in [1.54, 1.807) is 18.2 Å². The number of hydrogen-bond donors (Lipinski definition) is 0. The Kier molecular flexibility index (Phi) is 5.00. The van der Waals surface area contributed by atoms with Crippen molar-refractivity contribution in [3.8, 4) is 11.5 Å². The van der Waals surface area contributed by atoms with Gasteiger partial charge >= 0.3 is 0 Å². The SMILES string of the molecule is O=S(=O)(c1ccc2c(c1)OCCO2)N1CCN(S(=O)(=O)c2ccccn2)CC1. The molecule has 2 aromatic rings. The predicted molar refractivity (Wildman–Crippen MR) is 99.2 cm³/mol. The van der Waals surface area contributed by atoms with Crippen LogP contribution in [0.4, 0.5) is 0 Å². The molecule has 0 unspecified atom stereocenters. The lowest BCUT2D eigenvalue weighted by atomic mass is 10.3. The molecule has 150 valence electrons. The summed E-state index contributed by atoms with van der Waals surface area (Å²) < 4.78 is 64.6. The van der Waals surface area contributed by atoms with Gasteiger partial charge in [-0.15, -0.1) is 0 Å². The number of fused-ring (bicyclic) bond motifs is 1. The second-order valence-corrected chi connectivity index (χ2v) is 10.1. The van der Waals surface area contributed by atoms with Gasteiger partial charge in [0.1, 0.15) is 13.2 Å². The lowest BCUT2D eigenvalue weighted by Crippen LogP contribution is -2.50. The van der Waals surface area contributed by atoms with Crippen LogP contribution in [0, 0.1) is 0 Å². The number of benzene rings is 1. The minimum atomic E-state index is -3.77. The maximum Gasteiger partial charge on any atom is 0.260 e. The van der Waals surface area contributed by atoms with Crippen LogP contribution in [0.25, 0.3) is 0 Å². The van der Waals surface area contributed by atoms with Crippen molar-refractivity contribution < 1.29 is 26.3 Å². The third-order valence-corrected chi connectivity index (χ3v) is 8.30. The molecule has 0 amide bonds. The van der Waals surface area contributed by atoms with Crippen molar-refractivity contribution in [2.75, 3.05) is 39.4 Å². The maximum atomic E-state index is 12.9. The van der Waals surface area contributed by atoms with Crippen LogP contribution in [0.5, 0.6) is 11.5 Å². The summed E-state index contributed by atoms with van der Waals surface area (Å²) >= 11 is 0. The largest absolute Gasteiger partial charge is 0.486 e. The molecular formula is C17H19N3O6S2. The van der Waals surface area contributed by atoms with Crippen molar-refractivity contribution in [2.24, 2.45) is 0 Å². The maximum absolute atomic E-state index is 12.9. The summed E-state index contributed by atoms with van der Waals surface area (Å²) in [6, 6.07) is 9.15. The Labute approximate surface area is 163 Å². The third kappa shape index (κ3) is 3.46. The number of rotatable bonds is 4. The van der Waals surface area contributed by atoms with Crippen molar-refractivity contribution in [1.29, 1.82) is 0 Å². The van der Waals surface area contributed by atoms with E-state index in [9.17, 15) is 16.8 Å². The number of sulfonamides is 2. The normalized spacial score (nSPS) is 18.7. The Hall–Kier alpha value is -2.21. The summed E-state index contributed by atoms with van der Waals surface area (Å²) in [7, 11) is -7.51. The van der Waals surface area contributed by atoms with Crippen molar-refractivity contribution >= 4 is 20.0 Å².